The predicted molar refractivity (Wildman–Crippen MR) is 70.4 cm³/mol. The van der Waals surface area contributed by atoms with E-state index >= 15 is 0 Å². The molecule has 0 radical (unpaired) electrons. The zero-order valence-electron chi connectivity index (χ0n) is 11.0. The van der Waals surface area contributed by atoms with Crippen LogP contribution in [0.25, 0.3) is 0 Å². The van der Waals surface area contributed by atoms with Crippen LogP contribution in [0.15, 0.2) is 18.2 Å². The summed E-state index contributed by atoms with van der Waals surface area (Å²) < 4.78 is 0. The predicted octanol–water partition coefficient (Wildman–Crippen LogP) is 3.22. The zero-order valence-corrected chi connectivity index (χ0v) is 11.0. The molecule has 17 heavy (non-hydrogen) atoms. The van der Waals surface area contributed by atoms with Gasteiger partial charge in [0.1, 0.15) is 0 Å². The summed E-state index contributed by atoms with van der Waals surface area (Å²) in [6.45, 7) is 5.30. The molecule has 0 fully saturated rings. The Morgan fingerprint density at radius 3 is 2.65 bits per heavy atom. The SMILES string of the molecule is CCC(CC)c1ccc2c(c1)CCN(C)C2=O. The lowest BCUT2D eigenvalue weighted by Crippen LogP contribution is -2.34. The van der Waals surface area contributed by atoms with Gasteiger partial charge in [0.05, 0.1) is 0 Å². The lowest BCUT2D eigenvalue weighted by molar-refractivity contribution is 0.0781. The lowest BCUT2D eigenvalue weighted by Gasteiger charge is -2.26. The number of benzene rings is 1. The van der Waals surface area contributed by atoms with E-state index in [1.165, 1.54) is 24.0 Å². The van der Waals surface area contributed by atoms with Crippen molar-refractivity contribution in [2.24, 2.45) is 0 Å². The number of rotatable bonds is 3. The summed E-state index contributed by atoms with van der Waals surface area (Å²) in [5.41, 5.74) is 3.53. The molecule has 1 heterocycles. The van der Waals surface area contributed by atoms with Crippen molar-refractivity contribution in [3.05, 3.63) is 34.9 Å². The second kappa shape index (κ2) is 4.91. The van der Waals surface area contributed by atoms with E-state index in [1.54, 1.807) is 4.90 Å². The topological polar surface area (TPSA) is 20.3 Å². The molecular weight excluding hydrogens is 210 g/mol. The Balaban J connectivity index is 2.35. The fourth-order valence-corrected chi connectivity index (χ4v) is 2.64. The van der Waals surface area contributed by atoms with Crippen LogP contribution in [0.3, 0.4) is 0 Å². The second-order valence-corrected chi connectivity index (χ2v) is 4.91. The molecule has 1 aliphatic heterocycles. The van der Waals surface area contributed by atoms with Crippen LogP contribution in [0.5, 0.6) is 0 Å². The van der Waals surface area contributed by atoms with Gasteiger partial charge < -0.3 is 4.90 Å². The molecule has 1 aliphatic rings. The minimum atomic E-state index is 0.169. The largest absolute Gasteiger partial charge is 0.341 e. The van der Waals surface area contributed by atoms with E-state index in [9.17, 15) is 4.79 Å². The molecule has 2 rings (SSSR count). The quantitative estimate of drug-likeness (QED) is 0.782. The summed E-state index contributed by atoms with van der Waals surface area (Å²) in [4.78, 5) is 13.8. The molecular formula is C15H21NO. The van der Waals surface area contributed by atoms with Crippen molar-refractivity contribution in [1.29, 1.82) is 0 Å². The van der Waals surface area contributed by atoms with E-state index in [-0.39, 0.29) is 5.91 Å². The minimum Gasteiger partial charge on any atom is -0.341 e. The van der Waals surface area contributed by atoms with Crippen LogP contribution in [0.2, 0.25) is 0 Å². The standard InChI is InChI=1S/C15H21NO/c1-4-11(5-2)12-6-7-14-13(10-12)8-9-16(3)15(14)17/h6-7,10-11H,4-5,8-9H2,1-3H3. The number of amides is 1. The maximum Gasteiger partial charge on any atom is 0.253 e. The fourth-order valence-electron chi connectivity index (χ4n) is 2.64. The van der Waals surface area contributed by atoms with E-state index in [4.69, 9.17) is 0 Å². The Morgan fingerprint density at radius 1 is 1.29 bits per heavy atom. The van der Waals surface area contributed by atoms with Gasteiger partial charge in [-0.25, -0.2) is 0 Å². The third kappa shape index (κ3) is 2.21. The number of likely N-dealkylation sites (N-methyl/N-ethyl adjacent to an activating group) is 1. The monoisotopic (exact) mass is 231 g/mol. The molecule has 0 saturated heterocycles. The van der Waals surface area contributed by atoms with Crippen LogP contribution in [-0.2, 0) is 6.42 Å². The zero-order chi connectivity index (χ0) is 12.4. The summed E-state index contributed by atoms with van der Waals surface area (Å²) >= 11 is 0. The molecule has 0 bridgehead atoms. The van der Waals surface area contributed by atoms with Gasteiger partial charge in [-0.15, -0.1) is 0 Å². The Morgan fingerprint density at radius 2 is 2.00 bits per heavy atom. The average molecular weight is 231 g/mol. The third-order valence-corrected chi connectivity index (χ3v) is 3.88. The van der Waals surface area contributed by atoms with Crippen molar-refractivity contribution in [2.75, 3.05) is 13.6 Å². The molecule has 2 nitrogen and oxygen atoms in total. The molecule has 2 heteroatoms. The van der Waals surface area contributed by atoms with Gasteiger partial charge in [0, 0.05) is 19.2 Å². The molecule has 0 saturated carbocycles. The summed E-state index contributed by atoms with van der Waals surface area (Å²) in [5.74, 6) is 0.803. The number of nitrogens with zero attached hydrogens (tertiary/aromatic N) is 1. The van der Waals surface area contributed by atoms with Crippen molar-refractivity contribution in [3.8, 4) is 0 Å². The molecule has 0 aromatic heterocycles. The van der Waals surface area contributed by atoms with Gasteiger partial charge in [0.25, 0.3) is 5.91 Å². The van der Waals surface area contributed by atoms with Crippen LogP contribution >= 0.6 is 0 Å². The number of fused-ring (bicyclic) bond motifs is 1. The van der Waals surface area contributed by atoms with Gasteiger partial charge in [-0.05, 0) is 42.4 Å². The van der Waals surface area contributed by atoms with Crippen molar-refractivity contribution in [3.63, 3.8) is 0 Å². The summed E-state index contributed by atoms with van der Waals surface area (Å²) in [5, 5.41) is 0. The van der Waals surface area contributed by atoms with Crippen LogP contribution in [0.1, 0.15) is 54.1 Å². The van der Waals surface area contributed by atoms with Gasteiger partial charge in [0.15, 0.2) is 0 Å². The number of hydrogen-bond donors (Lipinski definition) is 0. The smallest absolute Gasteiger partial charge is 0.253 e. The highest BCUT2D eigenvalue weighted by Gasteiger charge is 2.22. The van der Waals surface area contributed by atoms with E-state index < -0.39 is 0 Å². The van der Waals surface area contributed by atoms with Crippen molar-refractivity contribution in [2.45, 2.75) is 39.0 Å². The highest BCUT2D eigenvalue weighted by molar-refractivity contribution is 5.96. The van der Waals surface area contributed by atoms with Gasteiger partial charge >= 0.3 is 0 Å². The highest BCUT2D eigenvalue weighted by atomic mass is 16.2. The average Bonchev–Trinajstić information content (AvgIpc) is 2.35. The van der Waals surface area contributed by atoms with Crippen LogP contribution in [-0.4, -0.2) is 24.4 Å². The molecule has 0 aliphatic carbocycles. The van der Waals surface area contributed by atoms with E-state index in [0.717, 1.165) is 18.5 Å². The third-order valence-electron chi connectivity index (χ3n) is 3.88. The maximum absolute atomic E-state index is 12.0. The summed E-state index contributed by atoms with van der Waals surface area (Å²) in [7, 11) is 1.88. The molecule has 1 amide bonds. The van der Waals surface area contributed by atoms with Gasteiger partial charge in [0.2, 0.25) is 0 Å². The molecule has 1 aromatic rings. The van der Waals surface area contributed by atoms with Crippen LogP contribution < -0.4 is 0 Å². The summed E-state index contributed by atoms with van der Waals surface area (Å²) in [6, 6.07) is 6.40. The lowest BCUT2D eigenvalue weighted by atomic mass is 9.89. The van der Waals surface area contributed by atoms with Crippen molar-refractivity contribution in [1.82, 2.24) is 4.90 Å². The first-order valence-electron chi connectivity index (χ1n) is 6.55. The first kappa shape index (κ1) is 12.2. The normalized spacial score (nSPS) is 15.3. The number of carbonyl (C=O) groups is 1. The van der Waals surface area contributed by atoms with Gasteiger partial charge in [-0.1, -0.05) is 26.0 Å². The first-order valence-corrected chi connectivity index (χ1v) is 6.55. The highest BCUT2D eigenvalue weighted by Crippen LogP contribution is 2.27. The van der Waals surface area contributed by atoms with Crippen LogP contribution in [0.4, 0.5) is 0 Å². The molecule has 92 valence electrons. The summed E-state index contributed by atoms with van der Waals surface area (Å²) in [6.07, 6.45) is 3.33. The van der Waals surface area contributed by atoms with E-state index in [2.05, 4.69) is 26.0 Å². The van der Waals surface area contributed by atoms with Crippen molar-refractivity contribution >= 4 is 5.91 Å². The van der Waals surface area contributed by atoms with Gasteiger partial charge in [-0.2, -0.15) is 0 Å². The fraction of sp³-hybridized carbons (Fsp3) is 0.533. The Bertz CT molecular complexity index is 421. The Kier molecular flexibility index (Phi) is 3.51. The van der Waals surface area contributed by atoms with Crippen LogP contribution in [0, 0.1) is 0 Å². The maximum atomic E-state index is 12.0. The molecule has 1 aromatic carbocycles. The first-order chi connectivity index (χ1) is 8.17. The number of carbonyl (C=O) groups excluding carboxylic acids is 1. The number of hydrogen-bond acceptors (Lipinski definition) is 1. The molecule has 0 spiro atoms. The molecule has 0 unspecified atom stereocenters. The van der Waals surface area contributed by atoms with Crippen molar-refractivity contribution < 1.29 is 4.79 Å². The molecule has 0 N–H and O–H groups in total. The van der Waals surface area contributed by atoms with E-state index in [0.29, 0.717) is 5.92 Å². The minimum absolute atomic E-state index is 0.169. The Hall–Kier alpha value is -1.31. The van der Waals surface area contributed by atoms with E-state index in [1.807, 2.05) is 13.1 Å². The molecule has 0 atom stereocenters. The van der Waals surface area contributed by atoms with Gasteiger partial charge in [-0.3, -0.25) is 4.79 Å². The second-order valence-electron chi connectivity index (χ2n) is 4.91. The Labute approximate surface area is 104 Å².